The summed E-state index contributed by atoms with van der Waals surface area (Å²) in [5.41, 5.74) is 0. The molecule has 0 bridgehead atoms. The third-order valence-electron chi connectivity index (χ3n) is 6.02. The van der Waals surface area contributed by atoms with E-state index in [9.17, 15) is 4.79 Å². The molecule has 0 amide bonds. The molecule has 0 aromatic carbocycles. The quantitative estimate of drug-likeness (QED) is 0.0903. The van der Waals surface area contributed by atoms with Gasteiger partial charge in [-0.2, -0.15) is 0 Å². The highest BCUT2D eigenvalue weighted by atomic mass is 16.5. The second-order valence-electron chi connectivity index (χ2n) is 8.83. The Bertz CT molecular complexity index is 337. The Morgan fingerprint density at radius 2 is 0.828 bits per heavy atom. The first-order valence-corrected chi connectivity index (χ1v) is 13.0. The molecule has 29 heavy (non-hydrogen) atoms. The van der Waals surface area contributed by atoms with Gasteiger partial charge in [0.1, 0.15) is 0 Å². The van der Waals surface area contributed by atoms with Gasteiger partial charge >= 0.3 is 5.97 Å². The molecule has 0 fully saturated rings. The zero-order valence-corrected chi connectivity index (χ0v) is 19.9. The van der Waals surface area contributed by atoms with Gasteiger partial charge in [-0.1, -0.05) is 128 Å². The first-order chi connectivity index (χ1) is 14.3. The van der Waals surface area contributed by atoms with Crippen molar-refractivity contribution >= 4 is 5.97 Å². The van der Waals surface area contributed by atoms with Gasteiger partial charge < -0.3 is 4.74 Å². The van der Waals surface area contributed by atoms with Gasteiger partial charge in [0.15, 0.2) is 0 Å². The molecule has 0 N–H and O–H groups in total. The van der Waals surface area contributed by atoms with E-state index >= 15 is 0 Å². The van der Waals surface area contributed by atoms with E-state index in [0.29, 0.717) is 6.42 Å². The first kappa shape index (κ1) is 28.2. The van der Waals surface area contributed by atoms with E-state index in [1.165, 1.54) is 142 Å². The minimum atomic E-state index is -0.0639. The van der Waals surface area contributed by atoms with Gasteiger partial charge in [0, 0.05) is 6.42 Å². The van der Waals surface area contributed by atoms with Crippen LogP contribution in [0.25, 0.3) is 0 Å². The van der Waals surface area contributed by atoms with Crippen molar-refractivity contribution in [2.45, 2.75) is 148 Å². The van der Waals surface area contributed by atoms with E-state index in [1.54, 1.807) is 0 Å². The van der Waals surface area contributed by atoms with E-state index in [4.69, 9.17) is 0 Å². The monoisotopic (exact) mass is 408 g/mol. The Labute approximate surface area is 183 Å². The summed E-state index contributed by atoms with van der Waals surface area (Å²) in [5, 5.41) is 0. The lowest BCUT2D eigenvalue weighted by atomic mass is 10.0. The van der Waals surface area contributed by atoms with Crippen LogP contribution in [0.3, 0.4) is 0 Å². The third-order valence-corrected chi connectivity index (χ3v) is 6.02. The van der Waals surface area contributed by atoms with Crippen LogP contribution >= 0.6 is 0 Å². The Morgan fingerprint density at radius 3 is 1.10 bits per heavy atom. The van der Waals surface area contributed by atoms with Crippen LogP contribution < -0.4 is 0 Å². The highest BCUT2D eigenvalue weighted by Crippen LogP contribution is 2.15. The second-order valence-corrected chi connectivity index (χ2v) is 8.83. The molecule has 0 aromatic rings. The molecule has 0 aliphatic carbocycles. The van der Waals surface area contributed by atoms with Crippen LogP contribution in [0, 0.1) is 0 Å². The normalized spacial score (nSPS) is 10.9. The number of carbonyl (C=O) groups excluding carboxylic acids is 1. The molecule has 0 radical (unpaired) electrons. The molecule has 0 aliphatic heterocycles. The minimum absolute atomic E-state index is 0.0639. The Hall–Kier alpha value is -0.790. The molecule has 0 aliphatic rings. The molecule has 0 unspecified atom stereocenters. The highest BCUT2D eigenvalue weighted by molar-refractivity contribution is 5.68. The van der Waals surface area contributed by atoms with Crippen LogP contribution in [-0.2, 0) is 9.53 Å². The number of allylic oxidation sites excluding steroid dienone is 1. The molecule has 0 saturated carbocycles. The van der Waals surface area contributed by atoms with Gasteiger partial charge in [-0.05, 0) is 19.3 Å². The van der Waals surface area contributed by atoms with Crippen LogP contribution in [0.1, 0.15) is 148 Å². The maximum atomic E-state index is 11.0. The number of unbranched alkanes of at least 4 members (excludes halogenated alkanes) is 21. The SMILES string of the molecule is C=CCCCCCCCCCCCCCCCCCCCCCCCC(=O)OC. The van der Waals surface area contributed by atoms with Crippen molar-refractivity contribution in [2.24, 2.45) is 0 Å². The summed E-state index contributed by atoms with van der Waals surface area (Å²) in [6.45, 7) is 3.78. The predicted molar refractivity (Wildman–Crippen MR) is 128 cm³/mol. The molecule has 2 heteroatoms. The summed E-state index contributed by atoms with van der Waals surface area (Å²) in [6, 6.07) is 0. The second kappa shape index (κ2) is 25.2. The topological polar surface area (TPSA) is 26.3 Å². The van der Waals surface area contributed by atoms with E-state index in [1.807, 2.05) is 6.08 Å². The minimum Gasteiger partial charge on any atom is -0.469 e. The van der Waals surface area contributed by atoms with Gasteiger partial charge in [0.25, 0.3) is 0 Å². The molecule has 0 rings (SSSR count). The highest BCUT2D eigenvalue weighted by Gasteiger charge is 1.99. The van der Waals surface area contributed by atoms with Gasteiger partial charge in [-0.15, -0.1) is 6.58 Å². The van der Waals surface area contributed by atoms with Gasteiger partial charge in [-0.25, -0.2) is 0 Å². The Kier molecular flexibility index (Phi) is 24.6. The molecule has 0 saturated heterocycles. The molecular weight excluding hydrogens is 356 g/mol. The molecule has 0 aromatic heterocycles. The smallest absolute Gasteiger partial charge is 0.305 e. The predicted octanol–water partition coefficient (Wildman–Crippen LogP) is 9.32. The number of ether oxygens (including phenoxy) is 1. The molecule has 0 atom stereocenters. The van der Waals surface area contributed by atoms with Crippen LogP contribution in [0.15, 0.2) is 12.7 Å². The van der Waals surface area contributed by atoms with Crippen LogP contribution in [-0.4, -0.2) is 13.1 Å². The van der Waals surface area contributed by atoms with Crippen molar-refractivity contribution in [1.82, 2.24) is 0 Å². The Balaban J connectivity index is 3.01. The van der Waals surface area contributed by atoms with E-state index in [2.05, 4.69) is 11.3 Å². The lowest BCUT2D eigenvalue weighted by Gasteiger charge is -2.04. The molecule has 172 valence electrons. The fourth-order valence-electron chi connectivity index (χ4n) is 4.02. The maximum absolute atomic E-state index is 11.0. The fraction of sp³-hybridized carbons (Fsp3) is 0.889. The molecule has 2 nitrogen and oxygen atoms in total. The summed E-state index contributed by atoms with van der Waals surface area (Å²) >= 11 is 0. The molecular formula is C27H52O2. The molecule has 0 heterocycles. The average Bonchev–Trinajstić information content (AvgIpc) is 2.74. The largest absolute Gasteiger partial charge is 0.469 e. The number of carbonyl (C=O) groups is 1. The number of hydrogen-bond donors (Lipinski definition) is 0. The standard InChI is InChI=1S/C27H52O2/c1-3-4-5-6-7-8-9-10-11-12-13-14-15-16-17-18-19-20-21-22-23-24-25-26-27(28)29-2/h3H,1,4-26H2,2H3. The van der Waals surface area contributed by atoms with Gasteiger partial charge in [-0.3, -0.25) is 4.79 Å². The van der Waals surface area contributed by atoms with E-state index < -0.39 is 0 Å². The van der Waals surface area contributed by atoms with E-state index in [-0.39, 0.29) is 5.97 Å². The lowest BCUT2D eigenvalue weighted by Crippen LogP contribution is -1.99. The number of methoxy groups -OCH3 is 1. The van der Waals surface area contributed by atoms with Crippen molar-refractivity contribution in [3.05, 3.63) is 12.7 Å². The zero-order valence-electron chi connectivity index (χ0n) is 19.9. The number of rotatable bonds is 24. The fourth-order valence-corrected chi connectivity index (χ4v) is 4.02. The first-order valence-electron chi connectivity index (χ1n) is 13.0. The number of hydrogen-bond acceptors (Lipinski definition) is 2. The van der Waals surface area contributed by atoms with Crippen LogP contribution in [0.5, 0.6) is 0 Å². The number of esters is 1. The van der Waals surface area contributed by atoms with Crippen LogP contribution in [0.2, 0.25) is 0 Å². The summed E-state index contributed by atoms with van der Waals surface area (Å²) in [4.78, 5) is 11.0. The lowest BCUT2D eigenvalue weighted by molar-refractivity contribution is -0.140. The summed E-state index contributed by atoms with van der Waals surface area (Å²) in [6.07, 6.45) is 32.8. The summed E-state index contributed by atoms with van der Waals surface area (Å²) in [7, 11) is 1.47. The summed E-state index contributed by atoms with van der Waals surface area (Å²) in [5.74, 6) is -0.0639. The van der Waals surface area contributed by atoms with Crippen molar-refractivity contribution < 1.29 is 9.53 Å². The maximum Gasteiger partial charge on any atom is 0.305 e. The van der Waals surface area contributed by atoms with E-state index in [0.717, 1.165) is 6.42 Å². The third kappa shape index (κ3) is 25.2. The van der Waals surface area contributed by atoms with Gasteiger partial charge in [0.2, 0.25) is 0 Å². The zero-order chi connectivity index (χ0) is 21.3. The Morgan fingerprint density at radius 1 is 0.552 bits per heavy atom. The van der Waals surface area contributed by atoms with Crippen molar-refractivity contribution in [3.8, 4) is 0 Å². The summed E-state index contributed by atoms with van der Waals surface area (Å²) < 4.78 is 4.66. The van der Waals surface area contributed by atoms with Crippen molar-refractivity contribution in [3.63, 3.8) is 0 Å². The van der Waals surface area contributed by atoms with Gasteiger partial charge in [0.05, 0.1) is 7.11 Å². The van der Waals surface area contributed by atoms with Crippen LogP contribution in [0.4, 0.5) is 0 Å². The average molecular weight is 409 g/mol. The molecule has 0 spiro atoms. The van der Waals surface area contributed by atoms with Crippen molar-refractivity contribution in [1.29, 1.82) is 0 Å². The van der Waals surface area contributed by atoms with Crippen molar-refractivity contribution in [2.75, 3.05) is 7.11 Å².